The van der Waals surface area contributed by atoms with Gasteiger partial charge in [0, 0.05) is 35.2 Å². The van der Waals surface area contributed by atoms with Crippen molar-refractivity contribution in [2.75, 3.05) is 66.1 Å². The first-order valence-electron chi connectivity index (χ1n) is 26.8. The zero-order valence-corrected chi connectivity index (χ0v) is 43.6. The number of esters is 2. The predicted molar refractivity (Wildman–Crippen MR) is 299 cm³/mol. The van der Waals surface area contributed by atoms with Gasteiger partial charge in [-0.2, -0.15) is 0 Å². The largest absolute Gasteiger partial charge is 0.494 e. The van der Waals surface area contributed by atoms with Gasteiger partial charge < -0.3 is 37.9 Å². The third kappa shape index (κ3) is 12.3. The van der Waals surface area contributed by atoms with Crippen molar-refractivity contribution in [2.45, 2.75) is 52.4 Å². The van der Waals surface area contributed by atoms with Gasteiger partial charge in [0.2, 0.25) is 0 Å². The molecule has 2 aliphatic rings. The Kier molecular flexibility index (Phi) is 16.8. The van der Waals surface area contributed by atoms with Crippen molar-refractivity contribution in [2.24, 2.45) is 10.8 Å². The summed E-state index contributed by atoms with van der Waals surface area (Å²) in [6.45, 7) is 11.8. The van der Waals surface area contributed by atoms with Crippen LogP contribution in [0.4, 0.5) is 0 Å². The number of rotatable bonds is 25. The summed E-state index contributed by atoms with van der Waals surface area (Å²) in [7, 11) is 0. The van der Waals surface area contributed by atoms with Gasteiger partial charge in [-0.1, -0.05) is 123 Å². The van der Waals surface area contributed by atoms with Gasteiger partial charge in [0.25, 0.3) is 0 Å². The number of ether oxygens (including phenoxy) is 8. The summed E-state index contributed by atoms with van der Waals surface area (Å²) in [6.07, 6.45) is 5.85. The first-order valence-corrected chi connectivity index (χ1v) is 26.8. The fourth-order valence-electron chi connectivity index (χ4n) is 9.72. The highest BCUT2D eigenvalue weighted by atomic mass is 16.5. The van der Waals surface area contributed by atoms with Crippen LogP contribution >= 0.6 is 0 Å². The normalized spacial score (nSPS) is 14.4. The molecule has 76 heavy (non-hydrogen) atoms. The first-order chi connectivity index (χ1) is 37.3. The lowest BCUT2D eigenvalue weighted by atomic mass is 9.84. The third-order valence-corrected chi connectivity index (χ3v) is 14.9. The molecule has 390 valence electrons. The summed E-state index contributed by atoms with van der Waals surface area (Å²) in [5, 5.41) is 3.54. The Morgan fingerprint density at radius 3 is 1.13 bits per heavy atom. The molecule has 10 heteroatoms. The minimum absolute atomic E-state index is 0.209. The maximum atomic E-state index is 14.1. The van der Waals surface area contributed by atoms with E-state index in [-0.39, 0.29) is 10.8 Å². The molecule has 10 rings (SSSR count). The molecule has 10 nitrogen and oxygen atoms in total. The van der Waals surface area contributed by atoms with E-state index in [1.807, 2.05) is 146 Å². The van der Waals surface area contributed by atoms with Crippen LogP contribution < -0.4 is 18.9 Å². The van der Waals surface area contributed by atoms with Gasteiger partial charge in [0.05, 0.1) is 64.0 Å². The van der Waals surface area contributed by atoms with Crippen LogP contribution in [0.3, 0.4) is 0 Å². The first kappa shape index (κ1) is 52.1. The second-order valence-corrected chi connectivity index (χ2v) is 20.2. The van der Waals surface area contributed by atoms with Crippen molar-refractivity contribution in [1.82, 2.24) is 0 Å². The standard InChI is InChI=1S/C66H66O10/c1-3-65(43-71-44-65)41-69-37-9-11-39-73-55-31-25-49(26-32-55)47-17-21-53(22-18-47)63(67)75-59-35-29-51-13-5-7-15-57(51)61(59)62-58-16-8-6-14-52(58)30-36-60(62)76-64(68)54-23-19-48(20-24-54)50-27-33-56(34-28-50)74-40-12-10-38-70-42-66(4-2)45-72-46-66/h5-8,13-36H,3-4,9-12,37-46H2,1-2H3. The third-order valence-electron chi connectivity index (χ3n) is 14.9. The molecule has 0 aromatic heterocycles. The maximum Gasteiger partial charge on any atom is 0.343 e. The van der Waals surface area contributed by atoms with Crippen LogP contribution in [-0.2, 0) is 18.9 Å². The summed E-state index contributed by atoms with van der Waals surface area (Å²) >= 11 is 0. The predicted octanol–water partition coefficient (Wildman–Crippen LogP) is 14.6. The molecule has 2 heterocycles. The van der Waals surface area contributed by atoms with Crippen molar-refractivity contribution >= 4 is 33.5 Å². The molecule has 8 aromatic rings. The molecule has 0 atom stereocenters. The summed E-state index contributed by atoms with van der Waals surface area (Å²) in [4.78, 5) is 28.2. The van der Waals surface area contributed by atoms with Crippen LogP contribution in [0.5, 0.6) is 23.0 Å². The number of fused-ring (bicyclic) bond motifs is 2. The van der Waals surface area contributed by atoms with E-state index in [1.165, 1.54) is 0 Å². The Morgan fingerprint density at radius 2 is 0.776 bits per heavy atom. The molecule has 0 bridgehead atoms. The summed E-state index contributed by atoms with van der Waals surface area (Å²) in [5.74, 6) is 1.25. The van der Waals surface area contributed by atoms with Crippen molar-refractivity contribution < 1.29 is 47.5 Å². The van der Waals surface area contributed by atoms with Crippen LogP contribution in [0.2, 0.25) is 0 Å². The quantitative estimate of drug-likeness (QED) is 0.0312. The zero-order valence-electron chi connectivity index (χ0n) is 43.6. The summed E-state index contributed by atoms with van der Waals surface area (Å²) in [6, 6.07) is 54.1. The molecule has 2 saturated heterocycles. The lowest BCUT2D eigenvalue weighted by Gasteiger charge is -2.40. The van der Waals surface area contributed by atoms with E-state index in [0.29, 0.717) is 47.0 Å². The average molecular weight is 1020 g/mol. The minimum Gasteiger partial charge on any atom is -0.494 e. The molecule has 2 aliphatic heterocycles. The van der Waals surface area contributed by atoms with Gasteiger partial charge in [0.15, 0.2) is 0 Å². The number of hydrogen-bond donors (Lipinski definition) is 0. The molecule has 0 spiro atoms. The van der Waals surface area contributed by atoms with Crippen LogP contribution in [0.1, 0.15) is 73.1 Å². The molecular weight excluding hydrogens is 953 g/mol. The molecule has 0 N–H and O–H groups in total. The summed E-state index contributed by atoms with van der Waals surface area (Å²) < 4.78 is 47.4. The van der Waals surface area contributed by atoms with E-state index in [1.54, 1.807) is 24.3 Å². The van der Waals surface area contributed by atoms with Gasteiger partial charge >= 0.3 is 11.9 Å². The van der Waals surface area contributed by atoms with Crippen molar-refractivity contribution in [3.8, 4) is 56.4 Å². The van der Waals surface area contributed by atoms with Crippen molar-refractivity contribution in [3.05, 3.63) is 181 Å². The average Bonchev–Trinajstić information content (AvgIpc) is 3.46. The molecular formula is C66H66O10. The Bertz CT molecular complexity index is 2980. The van der Waals surface area contributed by atoms with E-state index < -0.39 is 11.9 Å². The fraction of sp³-hybridized carbons (Fsp3) is 0.303. The number of hydrogen-bond acceptors (Lipinski definition) is 10. The van der Waals surface area contributed by atoms with Gasteiger partial charge in [0.1, 0.15) is 23.0 Å². The van der Waals surface area contributed by atoms with E-state index in [2.05, 4.69) is 13.8 Å². The second-order valence-electron chi connectivity index (χ2n) is 20.2. The highest BCUT2D eigenvalue weighted by molar-refractivity contribution is 6.11. The maximum absolute atomic E-state index is 14.1. The molecule has 0 aliphatic carbocycles. The summed E-state index contributed by atoms with van der Waals surface area (Å²) in [5.41, 5.74) is 6.38. The van der Waals surface area contributed by atoms with E-state index >= 15 is 0 Å². The smallest absolute Gasteiger partial charge is 0.343 e. The number of carbonyl (C=O) groups excluding carboxylic acids is 2. The van der Waals surface area contributed by atoms with Gasteiger partial charge in [-0.05, 0) is 143 Å². The molecule has 0 unspecified atom stereocenters. The van der Waals surface area contributed by atoms with Crippen LogP contribution in [0, 0.1) is 10.8 Å². The van der Waals surface area contributed by atoms with Crippen molar-refractivity contribution in [1.29, 1.82) is 0 Å². The molecule has 8 aromatic carbocycles. The van der Waals surface area contributed by atoms with Crippen LogP contribution in [0.25, 0.3) is 54.9 Å². The minimum atomic E-state index is -0.516. The highest BCUT2D eigenvalue weighted by Gasteiger charge is 2.37. The van der Waals surface area contributed by atoms with Gasteiger partial charge in [-0.25, -0.2) is 9.59 Å². The Morgan fingerprint density at radius 1 is 0.421 bits per heavy atom. The van der Waals surface area contributed by atoms with Crippen LogP contribution in [-0.4, -0.2) is 78.0 Å². The lowest BCUT2D eigenvalue weighted by Crippen LogP contribution is -2.45. The molecule has 0 saturated carbocycles. The highest BCUT2D eigenvalue weighted by Crippen LogP contribution is 2.46. The van der Waals surface area contributed by atoms with E-state index in [9.17, 15) is 9.59 Å². The Hall–Kier alpha value is -7.34. The zero-order chi connectivity index (χ0) is 52.2. The number of carbonyl (C=O) groups is 2. The van der Waals surface area contributed by atoms with Gasteiger partial charge in [-0.3, -0.25) is 0 Å². The van der Waals surface area contributed by atoms with E-state index in [4.69, 9.17) is 37.9 Å². The second kappa shape index (κ2) is 24.6. The van der Waals surface area contributed by atoms with Gasteiger partial charge in [-0.15, -0.1) is 0 Å². The fourth-order valence-corrected chi connectivity index (χ4v) is 9.72. The Labute approximate surface area is 445 Å². The monoisotopic (exact) mass is 1020 g/mol. The SMILES string of the molecule is CCC1(COCCCCOc2ccc(-c3ccc(C(=O)Oc4ccc5ccccc5c4-c4c(OC(=O)c5ccc(-c6ccc(OCCCCOCC7(CC)COC7)cc6)cc5)ccc5ccccc45)cc3)cc2)COC1. The Balaban J connectivity index is 0.785. The van der Waals surface area contributed by atoms with E-state index in [0.717, 1.165) is 147 Å². The molecule has 2 fully saturated rings. The van der Waals surface area contributed by atoms with Crippen LogP contribution in [0.15, 0.2) is 170 Å². The lowest BCUT2D eigenvalue weighted by molar-refractivity contribution is -0.150. The van der Waals surface area contributed by atoms with Crippen molar-refractivity contribution in [3.63, 3.8) is 0 Å². The molecule has 0 radical (unpaired) electrons. The number of unbranched alkanes of at least 4 members (excludes halogenated alkanes) is 2. The number of benzene rings is 8. The topological polar surface area (TPSA) is 108 Å². The molecule has 0 amide bonds.